The Hall–Kier alpha value is -1.51. The molecule has 0 N–H and O–H groups in total. The number of benzene rings is 1. The van der Waals surface area contributed by atoms with Gasteiger partial charge in [-0.3, -0.25) is 0 Å². The van der Waals surface area contributed by atoms with Crippen LogP contribution in [0.5, 0.6) is 0 Å². The summed E-state index contributed by atoms with van der Waals surface area (Å²) in [5, 5.41) is 0. The smallest absolute Gasteiger partial charge is 0.166 e. The lowest BCUT2D eigenvalue weighted by Crippen LogP contribution is -2.11. The third-order valence-corrected chi connectivity index (χ3v) is 4.57. The lowest BCUT2D eigenvalue weighted by Gasteiger charge is -2.18. The Bertz CT molecular complexity index is 604. The minimum Gasteiger partial charge on any atom is -0.166 e. The van der Waals surface area contributed by atoms with Crippen molar-refractivity contribution in [3.8, 4) is 0 Å². The number of hydrogen-bond donors (Lipinski definition) is 0. The molecule has 1 aromatic carbocycles. The van der Waals surface area contributed by atoms with Gasteiger partial charge in [0.2, 0.25) is 0 Å². The first-order valence-corrected chi connectivity index (χ1v) is 9.64. The van der Waals surface area contributed by atoms with Gasteiger partial charge >= 0.3 is 6.18 Å². The molecule has 0 aliphatic rings. The van der Waals surface area contributed by atoms with Gasteiger partial charge in [0.05, 0.1) is 5.56 Å². The van der Waals surface area contributed by atoms with E-state index in [2.05, 4.69) is 26.0 Å². The van der Waals surface area contributed by atoms with E-state index in [9.17, 15) is 13.2 Å². The zero-order chi connectivity index (χ0) is 19.7. The first-order chi connectivity index (χ1) is 12.1. The van der Waals surface area contributed by atoms with Gasteiger partial charge in [0.15, 0.2) is 0 Å². The van der Waals surface area contributed by atoms with E-state index in [0.29, 0.717) is 17.9 Å². The molecular weight excluding hydrogens is 333 g/mol. The maximum atomic E-state index is 13.6. The number of hydrogen-bond acceptors (Lipinski definition) is 0. The number of halogens is 3. The van der Waals surface area contributed by atoms with Gasteiger partial charge in [0, 0.05) is 0 Å². The van der Waals surface area contributed by atoms with Crippen LogP contribution in [0.15, 0.2) is 42.0 Å². The van der Waals surface area contributed by atoms with E-state index in [1.165, 1.54) is 6.07 Å². The highest BCUT2D eigenvalue weighted by Crippen LogP contribution is 2.35. The van der Waals surface area contributed by atoms with Crippen LogP contribution in [0.2, 0.25) is 0 Å². The molecule has 0 radical (unpaired) electrons. The molecule has 0 aromatic heterocycles. The largest absolute Gasteiger partial charge is 0.416 e. The first kappa shape index (κ1) is 22.5. The van der Waals surface area contributed by atoms with Gasteiger partial charge in [0.1, 0.15) is 0 Å². The number of unbranched alkanes of at least 4 members (excludes halogenated alkanes) is 1. The molecule has 26 heavy (non-hydrogen) atoms. The molecule has 0 saturated heterocycles. The Kier molecular flexibility index (Phi) is 9.18. The molecule has 1 rings (SSSR count). The highest BCUT2D eigenvalue weighted by Gasteiger charge is 2.33. The van der Waals surface area contributed by atoms with Gasteiger partial charge in [-0.05, 0) is 68.1 Å². The van der Waals surface area contributed by atoms with Crippen molar-refractivity contribution in [2.75, 3.05) is 0 Å². The Balaban J connectivity index is 3.11. The van der Waals surface area contributed by atoms with E-state index >= 15 is 0 Å². The number of rotatable bonds is 9. The molecule has 146 valence electrons. The highest BCUT2D eigenvalue weighted by atomic mass is 19.4. The molecule has 0 amide bonds. The third-order valence-electron chi connectivity index (χ3n) is 4.57. The monoisotopic (exact) mass is 366 g/mol. The molecule has 0 spiro atoms. The van der Waals surface area contributed by atoms with Crippen LogP contribution >= 0.6 is 0 Å². The van der Waals surface area contributed by atoms with Crippen LogP contribution in [0, 0.1) is 5.92 Å². The molecule has 0 aliphatic carbocycles. The summed E-state index contributed by atoms with van der Waals surface area (Å²) in [7, 11) is 0. The van der Waals surface area contributed by atoms with Crippen molar-refractivity contribution in [2.24, 2.45) is 5.92 Å². The average molecular weight is 367 g/mol. The fraction of sp³-hybridized carbons (Fsp3) is 0.565. The third kappa shape index (κ3) is 7.80. The molecule has 0 unspecified atom stereocenters. The predicted octanol–water partition coefficient (Wildman–Crippen LogP) is 8.09. The fourth-order valence-electron chi connectivity index (χ4n) is 2.90. The van der Waals surface area contributed by atoms with Gasteiger partial charge < -0.3 is 0 Å². The van der Waals surface area contributed by atoms with Crippen molar-refractivity contribution in [3.05, 3.63) is 58.7 Å². The summed E-state index contributed by atoms with van der Waals surface area (Å²) < 4.78 is 40.7. The minimum atomic E-state index is -4.31. The minimum absolute atomic E-state index is 0.0851. The van der Waals surface area contributed by atoms with Crippen LogP contribution in [0.4, 0.5) is 13.2 Å². The van der Waals surface area contributed by atoms with Crippen LogP contribution < -0.4 is 0 Å². The average Bonchev–Trinajstić information content (AvgIpc) is 2.55. The Morgan fingerprint density at radius 3 is 2.31 bits per heavy atom. The van der Waals surface area contributed by atoms with E-state index < -0.39 is 11.7 Å². The standard InChI is InChI=1S/C23H33F3/c1-6-7-8-9-10-19(12-11-17(2)3)15-21-14-13-20(18(4)5)16-22(21)23(24,25)26/h6-7,10,13-14,16-18H,8-9,11-12,15H2,1-5H3/b7-6+,19-10-. The summed E-state index contributed by atoms with van der Waals surface area (Å²) in [6.45, 7) is 10.1. The van der Waals surface area contributed by atoms with Crippen molar-refractivity contribution in [1.29, 1.82) is 0 Å². The predicted molar refractivity (Wildman–Crippen MR) is 105 cm³/mol. The van der Waals surface area contributed by atoms with E-state index in [-0.39, 0.29) is 5.92 Å². The van der Waals surface area contributed by atoms with Crippen molar-refractivity contribution >= 4 is 0 Å². The van der Waals surface area contributed by atoms with Gasteiger partial charge in [-0.25, -0.2) is 0 Å². The molecule has 0 aliphatic heterocycles. The lowest BCUT2D eigenvalue weighted by molar-refractivity contribution is -0.138. The van der Waals surface area contributed by atoms with E-state index in [1.54, 1.807) is 6.07 Å². The Labute approximate surface area is 157 Å². The summed E-state index contributed by atoms with van der Waals surface area (Å²) in [6.07, 6.45) is 5.98. The SMILES string of the molecule is C/C=C/CC/C=C(/CCC(C)C)Cc1ccc(C(C)C)cc1C(F)(F)F. The maximum Gasteiger partial charge on any atom is 0.416 e. The van der Waals surface area contributed by atoms with Gasteiger partial charge in [-0.15, -0.1) is 0 Å². The number of allylic oxidation sites excluding steroid dienone is 4. The summed E-state index contributed by atoms with van der Waals surface area (Å²) in [5.41, 5.74) is 1.77. The Morgan fingerprint density at radius 2 is 1.77 bits per heavy atom. The molecular formula is C23H33F3. The second-order valence-electron chi connectivity index (χ2n) is 7.69. The zero-order valence-electron chi connectivity index (χ0n) is 16.8. The normalized spacial score (nSPS) is 13.4. The van der Waals surface area contributed by atoms with Gasteiger partial charge in [-0.1, -0.05) is 63.6 Å². The molecule has 0 bridgehead atoms. The maximum absolute atomic E-state index is 13.6. The molecule has 0 nitrogen and oxygen atoms in total. The molecule has 0 heterocycles. The van der Waals surface area contributed by atoms with Crippen molar-refractivity contribution in [1.82, 2.24) is 0 Å². The summed E-state index contributed by atoms with van der Waals surface area (Å²) >= 11 is 0. The molecule has 3 heteroatoms. The fourth-order valence-corrected chi connectivity index (χ4v) is 2.90. The number of alkyl halides is 3. The van der Waals surface area contributed by atoms with E-state index in [0.717, 1.165) is 36.8 Å². The van der Waals surface area contributed by atoms with Crippen LogP contribution in [-0.2, 0) is 12.6 Å². The zero-order valence-corrected chi connectivity index (χ0v) is 16.8. The van der Waals surface area contributed by atoms with Gasteiger partial charge in [-0.2, -0.15) is 13.2 Å². The van der Waals surface area contributed by atoms with Crippen LogP contribution in [0.1, 0.15) is 82.9 Å². The topological polar surface area (TPSA) is 0 Å². The van der Waals surface area contributed by atoms with E-state index in [4.69, 9.17) is 0 Å². The van der Waals surface area contributed by atoms with Crippen LogP contribution in [0.25, 0.3) is 0 Å². The van der Waals surface area contributed by atoms with Crippen molar-refractivity contribution in [2.45, 2.75) is 78.8 Å². The molecule has 0 saturated carbocycles. The van der Waals surface area contributed by atoms with Crippen LogP contribution in [0.3, 0.4) is 0 Å². The van der Waals surface area contributed by atoms with E-state index in [1.807, 2.05) is 32.9 Å². The summed E-state index contributed by atoms with van der Waals surface area (Å²) in [4.78, 5) is 0. The first-order valence-electron chi connectivity index (χ1n) is 9.64. The van der Waals surface area contributed by atoms with Crippen molar-refractivity contribution in [3.63, 3.8) is 0 Å². The summed E-state index contributed by atoms with van der Waals surface area (Å²) in [6, 6.07) is 4.85. The molecule has 1 aromatic rings. The summed E-state index contributed by atoms with van der Waals surface area (Å²) in [5.74, 6) is 0.626. The van der Waals surface area contributed by atoms with Crippen LogP contribution in [-0.4, -0.2) is 0 Å². The Morgan fingerprint density at radius 1 is 1.08 bits per heavy atom. The van der Waals surface area contributed by atoms with Gasteiger partial charge in [0.25, 0.3) is 0 Å². The van der Waals surface area contributed by atoms with Crippen molar-refractivity contribution < 1.29 is 13.2 Å². The quantitative estimate of drug-likeness (QED) is 0.306. The second-order valence-corrected chi connectivity index (χ2v) is 7.69. The second kappa shape index (κ2) is 10.6. The molecule has 0 fully saturated rings. The highest BCUT2D eigenvalue weighted by molar-refractivity contribution is 5.38. The lowest BCUT2D eigenvalue weighted by atomic mass is 9.91. The molecule has 0 atom stereocenters.